The van der Waals surface area contributed by atoms with E-state index in [4.69, 9.17) is 23.7 Å². The maximum absolute atomic E-state index is 6.61. The van der Waals surface area contributed by atoms with Crippen LogP contribution in [0.15, 0.2) is 134 Å². The maximum atomic E-state index is 6.61. The lowest BCUT2D eigenvalue weighted by Gasteiger charge is -2.34. The minimum atomic E-state index is -0.449. The number of ether oxygens (including phenoxy) is 5. The molecule has 4 atom stereocenters. The van der Waals surface area contributed by atoms with Crippen LogP contribution in [0.1, 0.15) is 22.3 Å². The van der Waals surface area contributed by atoms with Crippen molar-refractivity contribution in [3.8, 4) is 0 Å². The van der Waals surface area contributed by atoms with Crippen LogP contribution in [0.4, 0.5) is 0 Å². The van der Waals surface area contributed by atoms with Gasteiger partial charge in [-0.1, -0.05) is 121 Å². The normalized spacial score (nSPS) is 20.5. The molecule has 1 aliphatic rings. The van der Waals surface area contributed by atoms with Gasteiger partial charge in [-0.2, -0.15) is 0 Å². The molecule has 0 aromatic heterocycles. The molecule has 0 N–H and O–H groups in total. The van der Waals surface area contributed by atoms with E-state index in [9.17, 15) is 0 Å². The molecule has 0 fully saturated rings. The standard InChI is InChI=1S/C35H36O5/c1-5-13-28(14-6-1)23-36-27-33-35(40-26-31-19-11-4-12-20-31)34(39-25-30-17-9-3-10-18-30)32(21-22-37-33)38-24-29-15-7-2-8-16-29/h1-22,32-35H,23-27H2/t32-,33+,34+,35-/m0/s1. The van der Waals surface area contributed by atoms with Gasteiger partial charge in [-0.25, -0.2) is 0 Å². The number of rotatable bonds is 13. The zero-order valence-corrected chi connectivity index (χ0v) is 22.6. The van der Waals surface area contributed by atoms with E-state index >= 15 is 0 Å². The third kappa shape index (κ3) is 8.38. The Hall–Kier alpha value is -3.74. The Morgan fingerprint density at radius 3 is 1.40 bits per heavy atom. The molecule has 5 rings (SSSR count). The van der Waals surface area contributed by atoms with Gasteiger partial charge in [0, 0.05) is 0 Å². The van der Waals surface area contributed by atoms with Gasteiger partial charge < -0.3 is 23.7 Å². The van der Waals surface area contributed by atoms with Crippen LogP contribution in [0.5, 0.6) is 0 Å². The molecule has 5 heteroatoms. The molecule has 0 saturated carbocycles. The molecule has 0 amide bonds. The van der Waals surface area contributed by atoms with Crippen LogP contribution < -0.4 is 0 Å². The van der Waals surface area contributed by atoms with Gasteiger partial charge in [0.1, 0.15) is 24.4 Å². The van der Waals surface area contributed by atoms with Crippen LogP contribution in [-0.2, 0) is 50.1 Å². The highest BCUT2D eigenvalue weighted by Gasteiger charge is 2.39. The van der Waals surface area contributed by atoms with Gasteiger partial charge in [-0.3, -0.25) is 0 Å². The predicted octanol–water partition coefficient (Wildman–Crippen LogP) is 6.87. The van der Waals surface area contributed by atoms with Crippen molar-refractivity contribution in [1.82, 2.24) is 0 Å². The summed E-state index contributed by atoms with van der Waals surface area (Å²) in [5.41, 5.74) is 4.35. The summed E-state index contributed by atoms with van der Waals surface area (Å²) in [4.78, 5) is 0. The summed E-state index contributed by atoms with van der Waals surface area (Å²) < 4.78 is 32.0. The second-order valence-electron chi connectivity index (χ2n) is 9.79. The quantitative estimate of drug-likeness (QED) is 0.187. The van der Waals surface area contributed by atoms with E-state index in [0.29, 0.717) is 33.0 Å². The maximum Gasteiger partial charge on any atom is 0.150 e. The lowest BCUT2D eigenvalue weighted by molar-refractivity contribution is -0.173. The monoisotopic (exact) mass is 536 g/mol. The fourth-order valence-electron chi connectivity index (χ4n) is 4.65. The molecule has 1 aliphatic heterocycles. The van der Waals surface area contributed by atoms with Crippen LogP contribution in [0.2, 0.25) is 0 Å². The third-order valence-corrected chi connectivity index (χ3v) is 6.79. The molecule has 0 unspecified atom stereocenters. The van der Waals surface area contributed by atoms with E-state index in [2.05, 4.69) is 48.5 Å². The van der Waals surface area contributed by atoms with Crippen molar-refractivity contribution in [2.24, 2.45) is 0 Å². The van der Waals surface area contributed by atoms with Crippen LogP contribution in [-0.4, -0.2) is 31.0 Å². The molecule has 0 aliphatic carbocycles. The van der Waals surface area contributed by atoms with E-state index < -0.39 is 18.3 Å². The Labute approximate surface area is 236 Å². The summed E-state index contributed by atoms with van der Waals surface area (Å²) in [6.45, 7) is 2.12. The van der Waals surface area contributed by atoms with E-state index in [1.54, 1.807) is 6.26 Å². The number of hydrogen-bond acceptors (Lipinski definition) is 5. The van der Waals surface area contributed by atoms with Crippen LogP contribution >= 0.6 is 0 Å². The first-order chi connectivity index (χ1) is 19.8. The molecule has 206 valence electrons. The van der Waals surface area contributed by atoms with Gasteiger partial charge in [-0.05, 0) is 28.3 Å². The molecular weight excluding hydrogens is 500 g/mol. The third-order valence-electron chi connectivity index (χ3n) is 6.79. The van der Waals surface area contributed by atoms with Crippen molar-refractivity contribution in [2.45, 2.75) is 50.8 Å². The Kier molecular flexibility index (Phi) is 10.5. The van der Waals surface area contributed by atoms with E-state index in [0.717, 1.165) is 22.3 Å². The molecule has 0 radical (unpaired) electrons. The minimum absolute atomic E-state index is 0.343. The van der Waals surface area contributed by atoms with E-state index in [1.165, 1.54) is 0 Å². The molecule has 4 aromatic rings. The van der Waals surface area contributed by atoms with Gasteiger partial charge in [-0.15, -0.1) is 0 Å². The second-order valence-corrected chi connectivity index (χ2v) is 9.79. The smallest absolute Gasteiger partial charge is 0.150 e. The molecule has 5 nitrogen and oxygen atoms in total. The first-order valence-corrected chi connectivity index (χ1v) is 13.8. The van der Waals surface area contributed by atoms with E-state index in [1.807, 2.05) is 78.9 Å². The van der Waals surface area contributed by atoms with Crippen molar-refractivity contribution in [1.29, 1.82) is 0 Å². The largest absolute Gasteiger partial charge is 0.493 e. The van der Waals surface area contributed by atoms with Gasteiger partial charge >= 0.3 is 0 Å². The Balaban J connectivity index is 1.36. The zero-order chi connectivity index (χ0) is 27.2. The van der Waals surface area contributed by atoms with Gasteiger partial charge in [0.05, 0.1) is 39.3 Å². The fourth-order valence-corrected chi connectivity index (χ4v) is 4.65. The van der Waals surface area contributed by atoms with Crippen molar-refractivity contribution < 1.29 is 23.7 Å². The Bertz CT molecular complexity index is 1260. The summed E-state index contributed by atoms with van der Waals surface area (Å²) in [5, 5.41) is 0. The highest BCUT2D eigenvalue weighted by molar-refractivity contribution is 5.16. The second kappa shape index (κ2) is 15.2. The average Bonchev–Trinajstić information content (AvgIpc) is 3.18. The van der Waals surface area contributed by atoms with Crippen molar-refractivity contribution in [3.05, 3.63) is 156 Å². The van der Waals surface area contributed by atoms with Gasteiger partial charge in [0.15, 0.2) is 0 Å². The fraction of sp³-hybridized carbons (Fsp3) is 0.257. The first-order valence-electron chi connectivity index (χ1n) is 13.8. The number of benzene rings is 4. The molecule has 1 heterocycles. The Morgan fingerprint density at radius 1 is 0.475 bits per heavy atom. The highest BCUT2D eigenvalue weighted by Crippen LogP contribution is 2.26. The van der Waals surface area contributed by atoms with E-state index in [-0.39, 0.29) is 6.10 Å². The van der Waals surface area contributed by atoms with Gasteiger partial charge in [0.25, 0.3) is 0 Å². The summed E-state index contributed by atoms with van der Waals surface area (Å²) in [7, 11) is 0. The van der Waals surface area contributed by atoms with Crippen LogP contribution in [0.25, 0.3) is 0 Å². The highest BCUT2D eigenvalue weighted by atomic mass is 16.6. The zero-order valence-electron chi connectivity index (χ0n) is 22.6. The summed E-state index contributed by atoms with van der Waals surface area (Å²) in [6.07, 6.45) is 1.97. The Morgan fingerprint density at radius 2 is 0.900 bits per heavy atom. The van der Waals surface area contributed by atoms with Crippen molar-refractivity contribution in [3.63, 3.8) is 0 Å². The SMILES string of the molecule is C1=C[C@H](OCc2ccccc2)[C@@H](OCc2ccccc2)[C@@H](OCc2ccccc2)[C@@H](COCc2ccccc2)O1. The first kappa shape index (κ1) is 27.8. The topological polar surface area (TPSA) is 46.2 Å². The lowest BCUT2D eigenvalue weighted by Crippen LogP contribution is -2.48. The van der Waals surface area contributed by atoms with Crippen molar-refractivity contribution in [2.75, 3.05) is 6.61 Å². The number of hydrogen-bond donors (Lipinski definition) is 0. The van der Waals surface area contributed by atoms with Crippen LogP contribution in [0.3, 0.4) is 0 Å². The summed E-state index contributed by atoms with van der Waals surface area (Å²) in [6, 6.07) is 40.6. The summed E-state index contributed by atoms with van der Waals surface area (Å²) in [5.74, 6) is 0. The molecule has 0 bridgehead atoms. The van der Waals surface area contributed by atoms with Gasteiger partial charge in [0.2, 0.25) is 0 Å². The summed E-state index contributed by atoms with van der Waals surface area (Å²) >= 11 is 0. The van der Waals surface area contributed by atoms with Crippen LogP contribution in [0, 0.1) is 0 Å². The molecule has 0 saturated heterocycles. The molecule has 4 aromatic carbocycles. The average molecular weight is 537 g/mol. The molecular formula is C35H36O5. The predicted molar refractivity (Wildman–Crippen MR) is 155 cm³/mol. The lowest BCUT2D eigenvalue weighted by atomic mass is 10.0. The minimum Gasteiger partial charge on any atom is -0.493 e. The molecule has 0 spiro atoms. The molecule has 40 heavy (non-hydrogen) atoms. The van der Waals surface area contributed by atoms with Crippen molar-refractivity contribution >= 4 is 0 Å².